The van der Waals surface area contributed by atoms with Crippen molar-refractivity contribution in [1.82, 2.24) is 9.97 Å². The van der Waals surface area contributed by atoms with Gasteiger partial charge in [0, 0.05) is 43.9 Å². The maximum atomic E-state index is 14.1. The SMILES string of the molecule is Fc1cccc(CBr)c1N1CCN(c2ncccn2)CC1. The predicted molar refractivity (Wildman–Crippen MR) is 85.5 cm³/mol. The zero-order chi connectivity index (χ0) is 14.7. The van der Waals surface area contributed by atoms with Crippen LogP contribution in [0, 0.1) is 5.82 Å². The van der Waals surface area contributed by atoms with Crippen LogP contribution in [0.25, 0.3) is 0 Å². The normalized spacial score (nSPS) is 15.3. The van der Waals surface area contributed by atoms with Gasteiger partial charge in [0.15, 0.2) is 0 Å². The van der Waals surface area contributed by atoms with E-state index in [1.165, 1.54) is 6.07 Å². The maximum absolute atomic E-state index is 14.1. The number of benzene rings is 1. The summed E-state index contributed by atoms with van der Waals surface area (Å²) < 4.78 is 14.1. The summed E-state index contributed by atoms with van der Waals surface area (Å²) in [7, 11) is 0. The lowest BCUT2D eigenvalue weighted by molar-refractivity contribution is 0.592. The van der Waals surface area contributed by atoms with Gasteiger partial charge in [0.2, 0.25) is 5.95 Å². The zero-order valence-electron chi connectivity index (χ0n) is 11.5. The van der Waals surface area contributed by atoms with E-state index in [0.29, 0.717) is 11.0 Å². The second-order valence-electron chi connectivity index (χ2n) is 4.90. The lowest BCUT2D eigenvalue weighted by Crippen LogP contribution is -2.47. The molecule has 1 aliphatic heterocycles. The summed E-state index contributed by atoms with van der Waals surface area (Å²) in [5.41, 5.74) is 1.70. The Morgan fingerprint density at radius 1 is 1.00 bits per heavy atom. The molecule has 0 radical (unpaired) electrons. The highest BCUT2D eigenvalue weighted by molar-refractivity contribution is 9.08. The Kier molecular flexibility index (Phi) is 4.34. The van der Waals surface area contributed by atoms with Crippen LogP contribution < -0.4 is 9.80 Å². The quantitative estimate of drug-likeness (QED) is 0.796. The fraction of sp³-hybridized carbons (Fsp3) is 0.333. The van der Waals surface area contributed by atoms with Gasteiger partial charge in [-0.25, -0.2) is 14.4 Å². The highest BCUT2D eigenvalue weighted by Crippen LogP contribution is 2.27. The van der Waals surface area contributed by atoms with Crippen molar-refractivity contribution in [3.63, 3.8) is 0 Å². The first kappa shape index (κ1) is 14.3. The molecular weight excluding hydrogens is 335 g/mol. The number of aromatic nitrogens is 2. The van der Waals surface area contributed by atoms with Gasteiger partial charge in [-0.15, -0.1) is 0 Å². The fourth-order valence-electron chi connectivity index (χ4n) is 2.61. The molecule has 1 fully saturated rings. The number of alkyl halides is 1. The topological polar surface area (TPSA) is 32.3 Å². The van der Waals surface area contributed by atoms with Crippen LogP contribution >= 0.6 is 15.9 Å². The van der Waals surface area contributed by atoms with E-state index in [2.05, 4.69) is 35.7 Å². The Bertz CT molecular complexity index is 600. The van der Waals surface area contributed by atoms with E-state index >= 15 is 0 Å². The van der Waals surface area contributed by atoms with Crippen LogP contribution in [0.15, 0.2) is 36.7 Å². The molecule has 21 heavy (non-hydrogen) atoms. The van der Waals surface area contributed by atoms with E-state index in [1.54, 1.807) is 24.5 Å². The zero-order valence-corrected chi connectivity index (χ0v) is 13.1. The fourth-order valence-corrected chi connectivity index (χ4v) is 3.06. The molecule has 2 aromatic rings. The number of piperazine rings is 1. The monoisotopic (exact) mass is 350 g/mol. The Hall–Kier alpha value is -1.69. The van der Waals surface area contributed by atoms with Gasteiger partial charge < -0.3 is 9.80 Å². The van der Waals surface area contributed by atoms with Crippen molar-refractivity contribution >= 4 is 27.6 Å². The number of anilines is 2. The van der Waals surface area contributed by atoms with Crippen LogP contribution in [-0.4, -0.2) is 36.1 Å². The molecule has 0 N–H and O–H groups in total. The first-order valence-electron chi connectivity index (χ1n) is 6.90. The van der Waals surface area contributed by atoms with Gasteiger partial charge in [-0.2, -0.15) is 0 Å². The first-order valence-corrected chi connectivity index (χ1v) is 8.02. The molecule has 3 rings (SSSR count). The van der Waals surface area contributed by atoms with Gasteiger partial charge in [0.05, 0.1) is 5.69 Å². The molecule has 0 atom stereocenters. The minimum absolute atomic E-state index is 0.156. The van der Waals surface area contributed by atoms with Crippen molar-refractivity contribution in [1.29, 1.82) is 0 Å². The third kappa shape index (κ3) is 3.00. The Morgan fingerprint density at radius 2 is 1.67 bits per heavy atom. The lowest BCUT2D eigenvalue weighted by atomic mass is 10.1. The van der Waals surface area contributed by atoms with Crippen molar-refractivity contribution in [3.8, 4) is 0 Å². The standard InChI is InChI=1S/C15H16BrFN4/c16-11-12-3-1-4-13(17)14(12)20-7-9-21(10-8-20)15-18-5-2-6-19-15/h1-6H,7-11H2. The van der Waals surface area contributed by atoms with Crippen LogP contribution in [-0.2, 0) is 5.33 Å². The molecule has 6 heteroatoms. The highest BCUT2D eigenvalue weighted by Gasteiger charge is 2.22. The first-order chi connectivity index (χ1) is 10.3. The van der Waals surface area contributed by atoms with E-state index in [0.717, 1.165) is 37.7 Å². The van der Waals surface area contributed by atoms with Crippen molar-refractivity contribution in [2.75, 3.05) is 36.0 Å². The van der Waals surface area contributed by atoms with Crippen LogP contribution in [0.3, 0.4) is 0 Å². The molecule has 0 saturated carbocycles. The Labute approximate surface area is 131 Å². The second-order valence-corrected chi connectivity index (χ2v) is 5.46. The molecule has 0 bridgehead atoms. The summed E-state index contributed by atoms with van der Waals surface area (Å²) in [4.78, 5) is 12.8. The summed E-state index contributed by atoms with van der Waals surface area (Å²) in [6.45, 7) is 3.11. The molecule has 0 amide bonds. The number of hydrogen-bond donors (Lipinski definition) is 0. The third-order valence-electron chi connectivity index (χ3n) is 3.65. The minimum Gasteiger partial charge on any atom is -0.365 e. The van der Waals surface area contributed by atoms with Crippen molar-refractivity contribution in [2.24, 2.45) is 0 Å². The van der Waals surface area contributed by atoms with Crippen LogP contribution in [0.5, 0.6) is 0 Å². The number of para-hydroxylation sites is 1. The second kappa shape index (κ2) is 6.39. The van der Waals surface area contributed by atoms with E-state index in [9.17, 15) is 4.39 Å². The van der Waals surface area contributed by atoms with Crippen molar-refractivity contribution < 1.29 is 4.39 Å². The van der Waals surface area contributed by atoms with Gasteiger partial charge >= 0.3 is 0 Å². The molecule has 0 aliphatic carbocycles. The molecule has 1 aliphatic rings. The maximum Gasteiger partial charge on any atom is 0.225 e. The average Bonchev–Trinajstić information content (AvgIpc) is 2.55. The number of halogens is 2. The van der Waals surface area contributed by atoms with Gasteiger partial charge in [-0.1, -0.05) is 28.1 Å². The molecule has 2 heterocycles. The average molecular weight is 351 g/mol. The van der Waals surface area contributed by atoms with Gasteiger partial charge in [0.1, 0.15) is 5.82 Å². The molecule has 1 aromatic heterocycles. The van der Waals surface area contributed by atoms with Crippen molar-refractivity contribution in [2.45, 2.75) is 5.33 Å². The lowest BCUT2D eigenvalue weighted by Gasteiger charge is -2.37. The summed E-state index contributed by atoms with van der Waals surface area (Å²) in [6.07, 6.45) is 3.49. The van der Waals surface area contributed by atoms with E-state index in [4.69, 9.17) is 0 Å². The summed E-state index contributed by atoms with van der Waals surface area (Å²) in [5, 5.41) is 0.655. The van der Waals surface area contributed by atoms with Crippen LogP contribution in [0.1, 0.15) is 5.56 Å². The summed E-state index contributed by atoms with van der Waals surface area (Å²) in [6, 6.07) is 7.04. The molecule has 0 unspecified atom stereocenters. The van der Waals surface area contributed by atoms with Gasteiger partial charge in [0.25, 0.3) is 0 Å². The minimum atomic E-state index is -0.156. The molecular formula is C15H16BrFN4. The van der Waals surface area contributed by atoms with Gasteiger partial charge in [-0.05, 0) is 17.7 Å². The van der Waals surface area contributed by atoms with Crippen molar-refractivity contribution in [3.05, 3.63) is 48.0 Å². The molecule has 4 nitrogen and oxygen atoms in total. The van der Waals surface area contributed by atoms with Gasteiger partial charge in [-0.3, -0.25) is 0 Å². The molecule has 110 valence electrons. The van der Waals surface area contributed by atoms with Crippen LogP contribution in [0.2, 0.25) is 0 Å². The molecule has 1 aromatic carbocycles. The number of nitrogens with zero attached hydrogens (tertiary/aromatic N) is 4. The third-order valence-corrected chi connectivity index (χ3v) is 4.25. The summed E-state index contributed by atoms with van der Waals surface area (Å²) >= 11 is 3.43. The Balaban J connectivity index is 1.75. The predicted octanol–water partition coefficient (Wildman–Crippen LogP) is 2.84. The smallest absolute Gasteiger partial charge is 0.225 e. The van der Waals surface area contributed by atoms with E-state index in [-0.39, 0.29) is 5.82 Å². The van der Waals surface area contributed by atoms with Crippen LogP contribution in [0.4, 0.5) is 16.0 Å². The summed E-state index contributed by atoms with van der Waals surface area (Å²) in [5.74, 6) is 0.586. The molecule has 1 saturated heterocycles. The highest BCUT2D eigenvalue weighted by atomic mass is 79.9. The Morgan fingerprint density at radius 3 is 2.33 bits per heavy atom. The van der Waals surface area contributed by atoms with E-state index < -0.39 is 0 Å². The number of hydrogen-bond acceptors (Lipinski definition) is 4. The van der Waals surface area contributed by atoms with E-state index in [1.807, 2.05) is 6.07 Å². The largest absolute Gasteiger partial charge is 0.365 e. The molecule has 0 spiro atoms. The number of rotatable bonds is 3.